The minimum atomic E-state index is 0.0708. The zero-order valence-electron chi connectivity index (χ0n) is 15.9. The van der Waals surface area contributed by atoms with Gasteiger partial charge in [-0.1, -0.05) is 42.5 Å². The summed E-state index contributed by atoms with van der Waals surface area (Å²) in [6.45, 7) is 3.26. The summed E-state index contributed by atoms with van der Waals surface area (Å²) in [4.78, 5) is 14.7. The van der Waals surface area contributed by atoms with Crippen molar-refractivity contribution in [2.75, 3.05) is 13.1 Å². The molecule has 1 fully saturated rings. The maximum atomic E-state index is 12.8. The minimum absolute atomic E-state index is 0.0708. The van der Waals surface area contributed by atoms with Crippen molar-refractivity contribution in [1.29, 1.82) is 0 Å². The van der Waals surface area contributed by atoms with Crippen LogP contribution in [-0.2, 0) is 0 Å². The Labute approximate surface area is 165 Å². The number of hydrogen-bond donors (Lipinski definition) is 0. The molecule has 0 saturated carbocycles. The van der Waals surface area contributed by atoms with E-state index in [1.165, 1.54) is 0 Å². The van der Waals surface area contributed by atoms with Crippen LogP contribution in [0.15, 0.2) is 66.7 Å². The second-order valence-corrected chi connectivity index (χ2v) is 7.07. The minimum Gasteiger partial charge on any atom is -0.473 e. The lowest BCUT2D eigenvalue weighted by Crippen LogP contribution is -2.41. The van der Waals surface area contributed by atoms with Gasteiger partial charge in [-0.25, -0.2) is 0 Å². The van der Waals surface area contributed by atoms with Crippen LogP contribution in [0.1, 0.15) is 28.9 Å². The molecule has 0 N–H and O–H groups in total. The first-order valence-electron chi connectivity index (χ1n) is 9.61. The van der Waals surface area contributed by atoms with E-state index >= 15 is 0 Å². The largest absolute Gasteiger partial charge is 0.473 e. The quantitative estimate of drug-likeness (QED) is 0.690. The molecule has 0 aliphatic carbocycles. The first kappa shape index (κ1) is 18.2. The molecule has 0 atom stereocenters. The third kappa shape index (κ3) is 4.19. The maximum absolute atomic E-state index is 12.8. The Bertz CT molecular complexity index is 916. The molecule has 1 aliphatic heterocycles. The highest BCUT2D eigenvalue weighted by atomic mass is 16.5. The average molecular weight is 373 g/mol. The monoisotopic (exact) mass is 373 g/mol. The first-order chi connectivity index (χ1) is 13.7. The molecule has 1 aromatic heterocycles. The molecular formula is C23H23N3O2. The fourth-order valence-electron chi connectivity index (χ4n) is 3.42. The van der Waals surface area contributed by atoms with Gasteiger partial charge in [0.1, 0.15) is 6.10 Å². The highest BCUT2D eigenvalue weighted by molar-refractivity contribution is 5.94. The van der Waals surface area contributed by atoms with Gasteiger partial charge in [-0.3, -0.25) is 4.79 Å². The number of aryl methyl sites for hydroxylation is 1. The van der Waals surface area contributed by atoms with E-state index in [0.717, 1.165) is 35.2 Å². The van der Waals surface area contributed by atoms with Crippen LogP contribution >= 0.6 is 0 Å². The highest BCUT2D eigenvalue weighted by Gasteiger charge is 2.25. The van der Waals surface area contributed by atoms with Crippen molar-refractivity contribution in [3.8, 4) is 17.0 Å². The summed E-state index contributed by atoms with van der Waals surface area (Å²) in [6.07, 6.45) is 1.66. The number of benzene rings is 2. The zero-order valence-corrected chi connectivity index (χ0v) is 15.9. The molecule has 142 valence electrons. The van der Waals surface area contributed by atoms with Crippen molar-refractivity contribution in [2.45, 2.75) is 25.9 Å². The van der Waals surface area contributed by atoms with Gasteiger partial charge in [0.2, 0.25) is 5.88 Å². The molecule has 1 amide bonds. The maximum Gasteiger partial charge on any atom is 0.253 e. The van der Waals surface area contributed by atoms with Gasteiger partial charge in [-0.2, -0.15) is 5.10 Å². The number of piperidine rings is 1. The molecule has 28 heavy (non-hydrogen) atoms. The second kappa shape index (κ2) is 8.21. The molecule has 5 nitrogen and oxygen atoms in total. The molecule has 0 unspecified atom stereocenters. The van der Waals surface area contributed by atoms with E-state index in [2.05, 4.69) is 22.3 Å². The number of likely N-dealkylation sites (tertiary alicyclic amines) is 1. The van der Waals surface area contributed by atoms with E-state index in [1.807, 2.05) is 66.4 Å². The molecule has 0 spiro atoms. The molecule has 3 aromatic rings. The topological polar surface area (TPSA) is 55.3 Å². The van der Waals surface area contributed by atoms with E-state index in [0.29, 0.717) is 19.0 Å². The standard InChI is InChI=1S/C23H23N3O2/c1-17-7-12-22(25-24-17)28-21-13-15-26(16-14-21)23(27)20-10-8-19(9-11-20)18-5-3-2-4-6-18/h2-12,21H,13-16H2,1H3. The van der Waals surface area contributed by atoms with Crippen molar-refractivity contribution in [3.63, 3.8) is 0 Å². The number of aromatic nitrogens is 2. The van der Waals surface area contributed by atoms with Crippen LogP contribution < -0.4 is 4.74 Å². The van der Waals surface area contributed by atoms with Gasteiger partial charge in [-0.15, -0.1) is 5.10 Å². The Kier molecular flexibility index (Phi) is 5.33. The molecule has 1 saturated heterocycles. The normalized spacial score (nSPS) is 14.7. The number of amides is 1. The fourth-order valence-corrected chi connectivity index (χ4v) is 3.42. The molecule has 4 rings (SSSR count). The fraction of sp³-hybridized carbons (Fsp3) is 0.261. The van der Waals surface area contributed by atoms with Gasteiger partial charge in [0.05, 0.1) is 5.69 Å². The van der Waals surface area contributed by atoms with Crippen LogP contribution in [0.2, 0.25) is 0 Å². The van der Waals surface area contributed by atoms with Gasteiger partial charge in [0.15, 0.2) is 0 Å². The summed E-state index contributed by atoms with van der Waals surface area (Å²) in [5, 5.41) is 8.07. The lowest BCUT2D eigenvalue weighted by molar-refractivity contribution is 0.0586. The van der Waals surface area contributed by atoms with Crippen molar-refractivity contribution in [2.24, 2.45) is 0 Å². The Morgan fingerprint density at radius 1 is 0.893 bits per heavy atom. The smallest absolute Gasteiger partial charge is 0.253 e. The highest BCUT2D eigenvalue weighted by Crippen LogP contribution is 2.22. The molecule has 0 radical (unpaired) electrons. The van der Waals surface area contributed by atoms with E-state index in [-0.39, 0.29) is 12.0 Å². The second-order valence-electron chi connectivity index (χ2n) is 7.07. The predicted molar refractivity (Wildman–Crippen MR) is 108 cm³/mol. The summed E-state index contributed by atoms with van der Waals surface area (Å²) in [5.41, 5.74) is 3.86. The summed E-state index contributed by atoms with van der Waals surface area (Å²) < 4.78 is 5.90. The Balaban J connectivity index is 1.34. The molecule has 5 heteroatoms. The van der Waals surface area contributed by atoms with Gasteiger partial charge in [0, 0.05) is 37.6 Å². The van der Waals surface area contributed by atoms with E-state index in [1.54, 1.807) is 0 Å². The summed E-state index contributed by atoms with van der Waals surface area (Å²) in [5.74, 6) is 0.625. The van der Waals surface area contributed by atoms with E-state index < -0.39 is 0 Å². The molecule has 2 heterocycles. The Morgan fingerprint density at radius 3 is 2.21 bits per heavy atom. The van der Waals surface area contributed by atoms with Gasteiger partial charge < -0.3 is 9.64 Å². The van der Waals surface area contributed by atoms with E-state index in [4.69, 9.17) is 4.74 Å². The van der Waals surface area contributed by atoms with Gasteiger partial charge in [-0.05, 0) is 36.2 Å². The molecule has 2 aromatic carbocycles. The number of rotatable bonds is 4. The van der Waals surface area contributed by atoms with Crippen molar-refractivity contribution < 1.29 is 9.53 Å². The number of nitrogens with zero attached hydrogens (tertiary/aromatic N) is 3. The number of carbonyl (C=O) groups excluding carboxylic acids is 1. The molecule has 0 bridgehead atoms. The van der Waals surface area contributed by atoms with Crippen LogP contribution in [0.4, 0.5) is 0 Å². The lowest BCUT2D eigenvalue weighted by Gasteiger charge is -2.32. The van der Waals surface area contributed by atoms with Crippen LogP contribution in [0, 0.1) is 6.92 Å². The van der Waals surface area contributed by atoms with Crippen molar-refractivity contribution in [1.82, 2.24) is 15.1 Å². The van der Waals surface area contributed by atoms with Gasteiger partial charge in [0.25, 0.3) is 5.91 Å². The summed E-state index contributed by atoms with van der Waals surface area (Å²) >= 11 is 0. The zero-order chi connectivity index (χ0) is 19.3. The third-order valence-electron chi connectivity index (χ3n) is 5.03. The van der Waals surface area contributed by atoms with Crippen LogP contribution in [0.25, 0.3) is 11.1 Å². The van der Waals surface area contributed by atoms with Crippen molar-refractivity contribution in [3.05, 3.63) is 78.0 Å². The van der Waals surface area contributed by atoms with Crippen LogP contribution in [0.3, 0.4) is 0 Å². The van der Waals surface area contributed by atoms with Crippen LogP contribution in [0.5, 0.6) is 5.88 Å². The lowest BCUT2D eigenvalue weighted by atomic mass is 10.0. The first-order valence-corrected chi connectivity index (χ1v) is 9.61. The predicted octanol–water partition coefficient (Wildman–Crippen LogP) is 4.14. The third-order valence-corrected chi connectivity index (χ3v) is 5.03. The SMILES string of the molecule is Cc1ccc(OC2CCN(C(=O)c3ccc(-c4ccccc4)cc3)CC2)nn1. The number of carbonyl (C=O) groups is 1. The average Bonchev–Trinajstić information content (AvgIpc) is 2.76. The number of ether oxygens (including phenoxy) is 1. The molecule has 1 aliphatic rings. The van der Waals surface area contributed by atoms with E-state index in [9.17, 15) is 4.79 Å². The van der Waals surface area contributed by atoms with Gasteiger partial charge >= 0.3 is 0 Å². The molecular weight excluding hydrogens is 350 g/mol. The van der Waals surface area contributed by atoms with Crippen LogP contribution in [-0.4, -0.2) is 40.2 Å². The number of hydrogen-bond acceptors (Lipinski definition) is 4. The van der Waals surface area contributed by atoms with Crippen molar-refractivity contribution >= 4 is 5.91 Å². The Hall–Kier alpha value is -3.21. The Morgan fingerprint density at radius 2 is 1.57 bits per heavy atom. The summed E-state index contributed by atoms with van der Waals surface area (Å²) in [6, 6.07) is 21.7. The summed E-state index contributed by atoms with van der Waals surface area (Å²) in [7, 11) is 0.